The van der Waals surface area contributed by atoms with E-state index in [4.69, 9.17) is 14.7 Å². The van der Waals surface area contributed by atoms with Gasteiger partial charge in [0.15, 0.2) is 0 Å². The highest BCUT2D eigenvalue weighted by Gasteiger charge is 2.25. The Morgan fingerprint density at radius 2 is 2.13 bits per heavy atom. The number of aromatic nitrogens is 3. The minimum atomic E-state index is 0.255. The van der Waals surface area contributed by atoms with Gasteiger partial charge in [-0.25, -0.2) is 9.97 Å². The Morgan fingerprint density at radius 3 is 2.71 bits per heavy atom. The van der Waals surface area contributed by atoms with Crippen LogP contribution < -0.4 is 10.2 Å². The van der Waals surface area contributed by atoms with Gasteiger partial charge in [-0.15, -0.1) is 0 Å². The van der Waals surface area contributed by atoms with E-state index in [2.05, 4.69) is 55.0 Å². The van der Waals surface area contributed by atoms with Crippen LogP contribution in [0.1, 0.15) is 32.0 Å². The Labute approximate surface area is 185 Å². The fourth-order valence-corrected chi connectivity index (χ4v) is 3.93. The molecule has 3 rings (SSSR count). The Hall–Kier alpha value is -2.93. The summed E-state index contributed by atoms with van der Waals surface area (Å²) in [7, 11) is 5.75. The molecule has 0 unspecified atom stereocenters. The van der Waals surface area contributed by atoms with Gasteiger partial charge >= 0.3 is 0 Å². The zero-order valence-electron chi connectivity index (χ0n) is 19.7. The van der Waals surface area contributed by atoms with Gasteiger partial charge in [0.05, 0.1) is 48.9 Å². The summed E-state index contributed by atoms with van der Waals surface area (Å²) < 4.78 is 7.71. The van der Waals surface area contributed by atoms with Crippen molar-refractivity contribution in [1.82, 2.24) is 19.9 Å². The average Bonchev–Trinajstić information content (AvgIpc) is 3.17. The number of nitrogens with zero attached hydrogens (tertiary/aromatic N) is 5. The van der Waals surface area contributed by atoms with Crippen LogP contribution in [-0.2, 0) is 11.8 Å². The van der Waals surface area contributed by atoms with Gasteiger partial charge in [0, 0.05) is 38.8 Å². The molecule has 1 N–H and O–H groups in total. The van der Waals surface area contributed by atoms with E-state index in [9.17, 15) is 0 Å². The Bertz CT molecular complexity index is 1010. The van der Waals surface area contributed by atoms with E-state index in [1.165, 1.54) is 5.57 Å². The number of imidazole rings is 1. The van der Waals surface area contributed by atoms with Crippen molar-refractivity contribution in [3.05, 3.63) is 53.3 Å². The smallest absolute Gasteiger partial charge is 0.130 e. The Morgan fingerprint density at radius 1 is 1.35 bits per heavy atom. The predicted molar refractivity (Wildman–Crippen MR) is 128 cm³/mol. The van der Waals surface area contributed by atoms with Crippen molar-refractivity contribution in [3.63, 3.8) is 0 Å². The van der Waals surface area contributed by atoms with Crippen molar-refractivity contribution in [2.75, 3.05) is 38.8 Å². The molecule has 0 spiro atoms. The van der Waals surface area contributed by atoms with Gasteiger partial charge in [-0.3, -0.25) is 4.99 Å². The Balaban J connectivity index is 2.25. The van der Waals surface area contributed by atoms with Crippen molar-refractivity contribution in [2.24, 2.45) is 12.0 Å². The number of aliphatic imine (C=N–C) groups is 1. The lowest BCUT2D eigenvalue weighted by Crippen LogP contribution is -2.44. The molecule has 3 heterocycles. The summed E-state index contributed by atoms with van der Waals surface area (Å²) in [6.07, 6.45) is 7.73. The minimum Gasteiger partial charge on any atom is -0.394 e. The molecule has 0 aromatic carbocycles. The number of rotatable bonds is 6. The molecule has 1 aliphatic rings. The highest BCUT2D eigenvalue weighted by molar-refractivity contribution is 6.15. The SMILES string of the molecule is CN=C(C(/C=C\NC)=C(C)C)c1nc(N2CCOC[C@H]2C)cc(-c2cncn2C)c1C. The maximum Gasteiger partial charge on any atom is 0.130 e. The summed E-state index contributed by atoms with van der Waals surface area (Å²) in [5, 5.41) is 3.08. The molecule has 1 atom stereocenters. The summed E-state index contributed by atoms with van der Waals surface area (Å²) in [5.74, 6) is 0.944. The average molecular weight is 423 g/mol. The summed E-state index contributed by atoms with van der Waals surface area (Å²) in [4.78, 5) is 16.5. The minimum absolute atomic E-state index is 0.255. The fourth-order valence-electron chi connectivity index (χ4n) is 3.93. The Kier molecular flexibility index (Phi) is 7.28. The van der Waals surface area contributed by atoms with Crippen LogP contribution in [0.3, 0.4) is 0 Å². The molecule has 0 saturated carbocycles. The first-order valence-electron chi connectivity index (χ1n) is 10.7. The maximum absolute atomic E-state index is 5.66. The maximum atomic E-state index is 5.66. The standard InChI is InChI=1S/C24H34N6O/c1-16(2)19(8-9-25-5)24(26-6)23-18(4)20(21-13-27-15-29(21)7)12-22(28-23)30-10-11-31-14-17(30)3/h8-9,12-13,15,17,25H,10-11,14H2,1-7H3/b9-8-,26-24?/t17-/m1/s1. The van der Waals surface area contributed by atoms with Crippen LogP contribution in [0.2, 0.25) is 0 Å². The number of hydrogen-bond donors (Lipinski definition) is 1. The largest absolute Gasteiger partial charge is 0.394 e. The van der Waals surface area contributed by atoms with E-state index in [0.29, 0.717) is 13.2 Å². The number of nitrogens with one attached hydrogen (secondary N) is 1. The summed E-state index contributed by atoms with van der Waals surface area (Å²) in [6.45, 7) is 10.7. The third-order valence-electron chi connectivity index (χ3n) is 5.67. The highest BCUT2D eigenvalue weighted by Crippen LogP contribution is 2.31. The molecular weight excluding hydrogens is 388 g/mol. The molecule has 0 amide bonds. The van der Waals surface area contributed by atoms with Crippen LogP contribution in [0, 0.1) is 6.92 Å². The number of ether oxygens (including phenoxy) is 1. The predicted octanol–water partition coefficient (Wildman–Crippen LogP) is 3.50. The highest BCUT2D eigenvalue weighted by atomic mass is 16.5. The van der Waals surface area contributed by atoms with Crippen molar-refractivity contribution < 1.29 is 4.74 Å². The van der Waals surface area contributed by atoms with Crippen LogP contribution in [0.4, 0.5) is 5.82 Å². The molecule has 0 aliphatic carbocycles. The molecule has 2 aromatic heterocycles. The number of allylic oxidation sites excluding steroid dienone is 3. The van der Waals surface area contributed by atoms with Crippen LogP contribution in [0.15, 0.2) is 47.0 Å². The number of hydrogen-bond acceptors (Lipinski definition) is 6. The number of anilines is 1. The molecule has 1 aliphatic heterocycles. The van der Waals surface area contributed by atoms with Gasteiger partial charge in [-0.05, 0) is 51.6 Å². The molecule has 166 valence electrons. The molecule has 0 bridgehead atoms. The van der Waals surface area contributed by atoms with Crippen molar-refractivity contribution in [2.45, 2.75) is 33.7 Å². The lowest BCUT2D eigenvalue weighted by Gasteiger charge is -2.35. The first-order chi connectivity index (χ1) is 14.9. The van der Waals surface area contributed by atoms with E-state index in [-0.39, 0.29) is 6.04 Å². The van der Waals surface area contributed by atoms with Crippen LogP contribution in [-0.4, -0.2) is 60.1 Å². The first-order valence-corrected chi connectivity index (χ1v) is 10.7. The lowest BCUT2D eigenvalue weighted by atomic mass is 9.95. The number of pyridine rings is 1. The quantitative estimate of drug-likeness (QED) is 0.570. The van der Waals surface area contributed by atoms with Crippen molar-refractivity contribution >= 4 is 11.5 Å². The molecule has 0 radical (unpaired) electrons. The fraction of sp³-hybridized carbons (Fsp3) is 0.458. The van der Waals surface area contributed by atoms with Crippen LogP contribution in [0.25, 0.3) is 11.3 Å². The number of morpholine rings is 1. The van der Waals surface area contributed by atoms with Gasteiger partial charge < -0.3 is 19.5 Å². The van der Waals surface area contributed by atoms with Gasteiger partial charge in [0.2, 0.25) is 0 Å². The van der Waals surface area contributed by atoms with Gasteiger partial charge in [-0.2, -0.15) is 0 Å². The molecular formula is C24H34N6O. The third kappa shape index (κ3) is 4.71. The van der Waals surface area contributed by atoms with E-state index >= 15 is 0 Å². The monoisotopic (exact) mass is 422 g/mol. The molecule has 1 saturated heterocycles. The van der Waals surface area contributed by atoms with E-state index in [1.807, 2.05) is 44.4 Å². The molecule has 1 fully saturated rings. The van der Waals surface area contributed by atoms with Crippen molar-refractivity contribution in [1.29, 1.82) is 0 Å². The molecule has 2 aromatic rings. The molecule has 7 nitrogen and oxygen atoms in total. The van der Waals surface area contributed by atoms with Crippen LogP contribution >= 0.6 is 0 Å². The van der Waals surface area contributed by atoms with Gasteiger partial charge in [0.1, 0.15) is 5.82 Å². The topological polar surface area (TPSA) is 67.6 Å². The summed E-state index contributed by atoms with van der Waals surface area (Å²) in [5.41, 5.74) is 7.29. The van der Waals surface area contributed by atoms with Gasteiger partial charge in [-0.1, -0.05) is 5.57 Å². The summed E-state index contributed by atoms with van der Waals surface area (Å²) in [6, 6.07) is 2.43. The zero-order valence-corrected chi connectivity index (χ0v) is 19.7. The number of aryl methyl sites for hydroxylation is 1. The van der Waals surface area contributed by atoms with E-state index in [0.717, 1.165) is 46.2 Å². The first kappa shape index (κ1) is 22.7. The zero-order chi connectivity index (χ0) is 22.5. The summed E-state index contributed by atoms with van der Waals surface area (Å²) >= 11 is 0. The third-order valence-corrected chi connectivity index (χ3v) is 5.67. The van der Waals surface area contributed by atoms with Gasteiger partial charge in [0.25, 0.3) is 0 Å². The van der Waals surface area contributed by atoms with E-state index < -0.39 is 0 Å². The second kappa shape index (κ2) is 9.92. The molecule has 7 heteroatoms. The lowest BCUT2D eigenvalue weighted by molar-refractivity contribution is 0.0985. The van der Waals surface area contributed by atoms with E-state index in [1.54, 1.807) is 0 Å². The van der Waals surface area contributed by atoms with Crippen LogP contribution in [0.5, 0.6) is 0 Å². The molecule has 31 heavy (non-hydrogen) atoms. The van der Waals surface area contributed by atoms with Crippen molar-refractivity contribution in [3.8, 4) is 11.3 Å². The second-order valence-electron chi connectivity index (χ2n) is 8.12. The second-order valence-corrected chi connectivity index (χ2v) is 8.12. The normalized spacial score (nSPS) is 17.3.